The highest BCUT2D eigenvalue weighted by molar-refractivity contribution is 5.78. The Morgan fingerprint density at radius 2 is 1.77 bits per heavy atom. The molecule has 5 nitrogen and oxygen atoms in total. The van der Waals surface area contributed by atoms with Crippen LogP contribution < -0.4 is 19.5 Å². The highest BCUT2D eigenvalue weighted by atomic mass is 16.5. The Bertz CT molecular complexity index is 758. The lowest BCUT2D eigenvalue weighted by Crippen LogP contribution is -2.32. The first-order valence-electron chi connectivity index (χ1n) is 8.70. The first-order valence-corrected chi connectivity index (χ1v) is 8.70. The molecule has 0 radical (unpaired) electrons. The predicted molar refractivity (Wildman–Crippen MR) is 102 cm³/mol. The number of benzene rings is 2. The van der Waals surface area contributed by atoms with E-state index in [9.17, 15) is 4.79 Å². The second-order valence-electron chi connectivity index (χ2n) is 6.13. The molecule has 1 amide bonds. The van der Waals surface area contributed by atoms with Crippen molar-refractivity contribution < 1.29 is 19.0 Å². The maximum Gasteiger partial charge on any atom is 0.258 e. The van der Waals surface area contributed by atoms with Gasteiger partial charge in [0.25, 0.3) is 5.91 Å². The summed E-state index contributed by atoms with van der Waals surface area (Å²) >= 11 is 0. The molecule has 0 bridgehead atoms. The second-order valence-corrected chi connectivity index (χ2v) is 6.13. The number of ether oxygens (including phenoxy) is 3. The maximum absolute atomic E-state index is 12.3. The van der Waals surface area contributed by atoms with Crippen molar-refractivity contribution in [2.75, 3.05) is 20.8 Å². The van der Waals surface area contributed by atoms with Gasteiger partial charge in [-0.15, -0.1) is 0 Å². The SMILES string of the molecule is CC[C@H](NC(=O)COc1cccc(C)c1C)c1ccc(OC)c(OC)c1. The average molecular weight is 357 g/mol. The van der Waals surface area contributed by atoms with E-state index in [4.69, 9.17) is 14.2 Å². The van der Waals surface area contributed by atoms with E-state index in [1.807, 2.05) is 57.2 Å². The van der Waals surface area contributed by atoms with Crippen molar-refractivity contribution in [3.8, 4) is 17.2 Å². The molecule has 0 unspecified atom stereocenters. The van der Waals surface area contributed by atoms with Gasteiger partial charge in [0.2, 0.25) is 0 Å². The number of aryl methyl sites for hydroxylation is 1. The van der Waals surface area contributed by atoms with E-state index >= 15 is 0 Å². The van der Waals surface area contributed by atoms with Crippen molar-refractivity contribution in [3.63, 3.8) is 0 Å². The van der Waals surface area contributed by atoms with E-state index in [0.717, 1.165) is 28.9 Å². The number of carbonyl (C=O) groups is 1. The van der Waals surface area contributed by atoms with Crippen molar-refractivity contribution in [1.29, 1.82) is 0 Å². The van der Waals surface area contributed by atoms with Crippen LogP contribution in [0.5, 0.6) is 17.2 Å². The van der Waals surface area contributed by atoms with Crippen LogP contribution in [-0.2, 0) is 4.79 Å². The van der Waals surface area contributed by atoms with E-state index in [1.54, 1.807) is 14.2 Å². The molecule has 2 aromatic carbocycles. The average Bonchev–Trinajstić information content (AvgIpc) is 2.66. The van der Waals surface area contributed by atoms with Crippen LogP contribution >= 0.6 is 0 Å². The van der Waals surface area contributed by atoms with Gasteiger partial charge in [0, 0.05) is 0 Å². The van der Waals surface area contributed by atoms with Gasteiger partial charge < -0.3 is 19.5 Å². The van der Waals surface area contributed by atoms with Crippen LogP contribution in [0.2, 0.25) is 0 Å². The summed E-state index contributed by atoms with van der Waals surface area (Å²) in [6.45, 7) is 6.01. The van der Waals surface area contributed by atoms with Crippen molar-refractivity contribution in [2.45, 2.75) is 33.2 Å². The van der Waals surface area contributed by atoms with Crippen LogP contribution in [0.25, 0.3) is 0 Å². The van der Waals surface area contributed by atoms with Gasteiger partial charge >= 0.3 is 0 Å². The second kappa shape index (κ2) is 9.13. The summed E-state index contributed by atoms with van der Waals surface area (Å²) in [5.74, 6) is 1.88. The Morgan fingerprint density at radius 1 is 1.04 bits per heavy atom. The van der Waals surface area contributed by atoms with Gasteiger partial charge in [-0.3, -0.25) is 4.79 Å². The van der Waals surface area contributed by atoms with E-state index in [1.165, 1.54) is 0 Å². The lowest BCUT2D eigenvalue weighted by molar-refractivity contribution is -0.123. The van der Waals surface area contributed by atoms with Gasteiger partial charge in [0.05, 0.1) is 20.3 Å². The minimum Gasteiger partial charge on any atom is -0.493 e. The molecule has 0 fully saturated rings. The van der Waals surface area contributed by atoms with Crippen molar-refractivity contribution >= 4 is 5.91 Å². The Morgan fingerprint density at radius 3 is 2.42 bits per heavy atom. The minimum absolute atomic E-state index is 0.0198. The Hall–Kier alpha value is -2.69. The van der Waals surface area contributed by atoms with E-state index < -0.39 is 0 Å². The predicted octanol–water partition coefficient (Wildman–Crippen LogP) is 3.97. The van der Waals surface area contributed by atoms with Crippen molar-refractivity contribution in [3.05, 3.63) is 53.1 Å². The monoisotopic (exact) mass is 357 g/mol. The summed E-state index contributed by atoms with van der Waals surface area (Å²) < 4.78 is 16.3. The third-order valence-electron chi connectivity index (χ3n) is 4.47. The van der Waals surface area contributed by atoms with Crippen LogP contribution in [0.4, 0.5) is 0 Å². The number of amides is 1. The fraction of sp³-hybridized carbons (Fsp3) is 0.381. The molecule has 2 rings (SSSR count). The molecule has 26 heavy (non-hydrogen) atoms. The van der Waals surface area contributed by atoms with Gasteiger partial charge in [0.15, 0.2) is 18.1 Å². The number of hydrogen-bond donors (Lipinski definition) is 1. The summed E-state index contributed by atoms with van der Waals surface area (Å²) in [6.07, 6.45) is 0.755. The van der Waals surface area contributed by atoms with E-state index in [0.29, 0.717) is 11.5 Å². The molecule has 0 aliphatic heterocycles. The molecule has 5 heteroatoms. The maximum atomic E-state index is 12.3. The third kappa shape index (κ3) is 4.69. The molecular weight excluding hydrogens is 330 g/mol. The zero-order chi connectivity index (χ0) is 19.1. The quantitative estimate of drug-likeness (QED) is 0.777. The Balaban J connectivity index is 2.03. The van der Waals surface area contributed by atoms with Crippen LogP contribution in [0, 0.1) is 13.8 Å². The van der Waals surface area contributed by atoms with Crippen LogP contribution in [0.15, 0.2) is 36.4 Å². The lowest BCUT2D eigenvalue weighted by atomic mass is 10.0. The number of hydrogen-bond acceptors (Lipinski definition) is 4. The van der Waals surface area contributed by atoms with Crippen LogP contribution in [-0.4, -0.2) is 26.7 Å². The van der Waals surface area contributed by atoms with Gasteiger partial charge in [-0.1, -0.05) is 25.1 Å². The summed E-state index contributed by atoms with van der Waals surface area (Å²) in [6, 6.07) is 11.4. The van der Waals surface area contributed by atoms with Crippen molar-refractivity contribution in [1.82, 2.24) is 5.32 Å². The Labute approximate surface area is 155 Å². The fourth-order valence-corrected chi connectivity index (χ4v) is 2.75. The summed E-state index contributed by atoms with van der Waals surface area (Å²) in [5, 5.41) is 3.02. The molecular formula is C21H27NO4. The number of nitrogens with one attached hydrogen (secondary N) is 1. The van der Waals surface area contributed by atoms with Gasteiger partial charge in [0.1, 0.15) is 5.75 Å². The topological polar surface area (TPSA) is 56.8 Å². The smallest absolute Gasteiger partial charge is 0.258 e. The van der Waals surface area contributed by atoms with E-state index in [2.05, 4.69) is 5.32 Å². The highest BCUT2D eigenvalue weighted by Gasteiger charge is 2.16. The minimum atomic E-state index is -0.160. The molecule has 0 aromatic heterocycles. The number of carbonyl (C=O) groups excluding carboxylic acids is 1. The zero-order valence-corrected chi connectivity index (χ0v) is 16.1. The van der Waals surface area contributed by atoms with Crippen molar-refractivity contribution in [2.24, 2.45) is 0 Å². The molecule has 140 valence electrons. The highest BCUT2D eigenvalue weighted by Crippen LogP contribution is 2.30. The number of rotatable bonds is 8. The standard InChI is InChI=1S/C21H27NO4/c1-6-17(16-10-11-19(24-4)20(12-16)25-5)22-21(23)13-26-18-9-7-8-14(2)15(18)3/h7-12,17H,6,13H2,1-5H3,(H,22,23)/t17-/m0/s1. The Kier molecular flexibility index (Phi) is 6.89. The zero-order valence-electron chi connectivity index (χ0n) is 16.1. The molecule has 0 saturated carbocycles. The largest absolute Gasteiger partial charge is 0.493 e. The summed E-state index contributed by atoms with van der Waals surface area (Å²) in [7, 11) is 3.19. The van der Waals surface area contributed by atoms with Crippen LogP contribution in [0.3, 0.4) is 0 Å². The molecule has 0 heterocycles. The number of methoxy groups -OCH3 is 2. The first-order chi connectivity index (χ1) is 12.5. The molecule has 0 aliphatic carbocycles. The summed E-state index contributed by atoms with van der Waals surface area (Å²) in [4.78, 5) is 12.3. The van der Waals surface area contributed by atoms with Gasteiger partial charge in [-0.05, 0) is 55.2 Å². The normalized spacial score (nSPS) is 11.6. The molecule has 1 atom stereocenters. The molecule has 0 aliphatic rings. The fourth-order valence-electron chi connectivity index (χ4n) is 2.75. The molecule has 0 saturated heterocycles. The molecule has 2 aromatic rings. The van der Waals surface area contributed by atoms with Crippen LogP contribution in [0.1, 0.15) is 36.1 Å². The molecule has 0 spiro atoms. The lowest BCUT2D eigenvalue weighted by Gasteiger charge is -2.19. The van der Waals surface area contributed by atoms with Gasteiger partial charge in [-0.2, -0.15) is 0 Å². The first kappa shape index (κ1) is 19.6. The van der Waals surface area contributed by atoms with E-state index in [-0.39, 0.29) is 18.6 Å². The summed E-state index contributed by atoms with van der Waals surface area (Å²) in [5.41, 5.74) is 3.15. The van der Waals surface area contributed by atoms with Gasteiger partial charge in [-0.25, -0.2) is 0 Å². The molecule has 1 N–H and O–H groups in total. The third-order valence-corrected chi connectivity index (χ3v) is 4.47.